The first kappa shape index (κ1) is 11.9. The third kappa shape index (κ3) is 5.33. The van der Waals surface area contributed by atoms with Gasteiger partial charge in [-0.05, 0) is 0 Å². The van der Waals surface area contributed by atoms with Gasteiger partial charge in [0.25, 0.3) is 0 Å². The van der Waals surface area contributed by atoms with Crippen molar-refractivity contribution in [3.8, 4) is 0 Å². The van der Waals surface area contributed by atoms with Gasteiger partial charge < -0.3 is 20.1 Å². The molecule has 8 heavy (non-hydrogen) atoms. The molecule has 0 atom stereocenters. The average molecular weight is 260 g/mol. The van der Waals surface area contributed by atoms with Crippen LogP contribution in [0, 0.1) is 0 Å². The Balaban J connectivity index is 0. The molecule has 0 fully saturated rings. The maximum atomic E-state index is 9.35. The molecule has 0 unspecified atom stereocenters. The van der Waals surface area contributed by atoms with Gasteiger partial charge in [-0.1, -0.05) is 0 Å². The largest absolute Gasteiger partial charge is 2.00 e. The molecule has 42 valence electrons. The molecule has 2 N–H and O–H groups in total. The molecule has 0 radical (unpaired) electrons. The number of carbonyl (C=O) groups is 1. The summed E-state index contributed by atoms with van der Waals surface area (Å²) >= 11 is 0. The van der Waals surface area contributed by atoms with Crippen molar-refractivity contribution in [1.29, 1.82) is 0 Å². The van der Waals surface area contributed by atoms with Crippen molar-refractivity contribution >= 4 is 62.1 Å². The SMILES string of the molecule is NC(=O)P(=O)([O-])[O-].[Ba+2]. The van der Waals surface area contributed by atoms with E-state index in [9.17, 15) is 19.1 Å². The van der Waals surface area contributed by atoms with Gasteiger partial charge in [0.1, 0.15) is 0 Å². The Morgan fingerprint density at radius 2 is 1.62 bits per heavy atom. The van der Waals surface area contributed by atoms with Crippen LogP contribution in [0.5, 0.6) is 0 Å². The maximum absolute atomic E-state index is 9.35. The topological polar surface area (TPSA) is 106 Å². The van der Waals surface area contributed by atoms with E-state index in [4.69, 9.17) is 0 Å². The number of nitrogens with two attached hydrogens (primary N) is 1. The molecule has 7 heteroatoms. The summed E-state index contributed by atoms with van der Waals surface area (Å²) in [7, 11) is -5.10. The minimum Gasteiger partial charge on any atom is -0.804 e. The van der Waals surface area contributed by atoms with E-state index in [1.807, 2.05) is 0 Å². The average Bonchev–Trinajstić information content (AvgIpc) is 1.31. The standard InChI is InChI=1S/CH4NO4P.Ba/c2-1(3)7(4,5)6;/h(H2,2,3)(H2,4,5,6);/q;+2/p-2. The van der Waals surface area contributed by atoms with Crippen LogP contribution in [-0.2, 0) is 4.57 Å². The van der Waals surface area contributed by atoms with Crippen LogP contribution in [0.15, 0.2) is 0 Å². The summed E-state index contributed by atoms with van der Waals surface area (Å²) in [5.74, 6) is 0. The number of hydrogen-bond acceptors (Lipinski definition) is 4. The van der Waals surface area contributed by atoms with E-state index in [-0.39, 0.29) is 48.9 Å². The van der Waals surface area contributed by atoms with Crippen molar-refractivity contribution in [2.45, 2.75) is 0 Å². The molecule has 0 aromatic rings. The second kappa shape index (κ2) is 4.08. The van der Waals surface area contributed by atoms with Gasteiger partial charge in [0.15, 0.2) is 0 Å². The summed E-state index contributed by atoms with van der Waals surface area (Å²) in [5.41, 5.74) is 2.23. The zero-order valence-electron chi connectivity index (χ0n) is 3.86. The third-order valence-corrected chi connectivity index (χ3v) is 0.810. The Morgan fingerprint density at radius 1 is 1.50 bits per heavy atom. The molecule has 0 rings (SSSR count). The first-order valence-corrected chi connectivity index (χ1v) is 2.81. The third-order valence-electron chi connectivity index (χ3n) is 0.270. The van der Waals surface area contributed by atoms with Gasteiger partial charge in [-0.15, -0.1) is 0 Å². The fourth-order valence-corrected chi connectivity index (χ4v) is 0. The summed E-state index contributed by atoms with van der Waals surface area (Å²) in [6.45, 7) is 0. The molecule has 5 nitrogen and oxygen atoms in total. The normalized spacial score (nSPS) is 9.75. The van der Waals surface area contributed by atoms with Crippen LogP contribution in [-0.4, -0.2) is 54.5 Å². The van der Waals surface area contributed by atoms with E-state index >= 15 is 0 Å². The fraction of sp³-hybridized carbons (Fsp3) is 0. The molecule has 0 aliphatic heterocycles. The van der Waals surface area contributed by atoms with Crippen LogP contribution in [0.4, 0.5) is 4.79 Å². The minimum absolute atomic E-state index is 0. The molecule has 0 bridgehead atoms. The predicted octanol–water partition coefficient (Wildman–Crippen LogP) is -2.40. The quantitative estimate of drug-likeness (QED) is 0.419. The van der Waals surface area contributed by atoms with Crippen molar-refractivity contribution in [3.05, 3.63) is 0 Å². The molecule has 0 spiro atoms. The molecule has 0 heterocycles. The zero-order chi connectivity index (χ0) is 6.08. The minimum atomic E-state index is -5.10. The summed E-state index contributed by atoms with van der Waals surface area (Å²) in [4.78, 5) is 28.0. The number of amides is 1. The molecule has 1 amide bonds. The van der Waals surface area contributed by atoms with E-state index < -0.39 is 13.2 Å². The van der Waals surface area contributed by atoms with E-state index in [0.29, 0.717) is 0 Å². The van der Waals surface area contributed by atoms with Crippen molar-refractivity contribution in [3.63, 3.8) is 0 Å². The van der Waals surface area contributed by atoms with Gasteiger partial charge in [-0.2, -0.15) is 0 Å². The van der Waals surface area contributed by atoms with Crippen LogP contribution < -0.4 is 15.5 Å². The van der Waals surface area contributed by atoms with Crippen molar-refractivity contribution in [2.75, 3.05) is 0 Å². The van der Waals surface area contributed by atoms with Gasteiger partial charge in [0.05, 0.1) is 0 Å². The molecule has 0 aromatic carbocycles. The number of rotatable bonds is 1. The predicted molar refractivity (Wildman–Crippen MR) is 22.9 cm³/mol. The van der Waals surface area contributed by atoms with Gasteiger partial charge in [0, 0.05) is 7.60 Å². The molecular formula is CH2BaNO4P. The van der Waals surface area contributed by atoms with Gasteiger partial charge in [-0.3, -0.25) is 4.79 Å². The van der Waals surface area contributed by atoms with Gasteiger partial charge in [-0.25, -0.2) is 0 Å². The van der Waals surface area contributed by atoms with Crippen LogP contribution in [0.3, 0.4) is 0 Å². The summed E-state index contributed by atoms with van der Waals surface area (Å²) in [6, 6.07) is 0. The van der Waals surface area contributed by atoms with E-state index in [2.05, 4.69) is 5.73 Å². The molecule has 0 saturated heterocycles. The first-order chi connectivity index (χ1) is 2.94. The maximum Gasteiger partial charge on any atom is 2.00 e. The molecule has 0 saturated carbocycles. The summed E-state index contributed by atoms with van der Waals surface area (Å²) in [5, 5.41) is 0. The Bertz CT molecular complexity index is 128. The first-order valence-electron chi connectivity index (χ1n) is 1.26. The van der Waals surface area contributed by atoms with Crippen LogP contribution >= 0.6 is 7.60 Å². The summed E-state index contributed by atoms with van der Waals surface area (Å²) in [6.07, 6.45) is 0. The number of carbonyl (C=O) groups excluding carboxylic acids is 1. The molecule has 0 aliphatic carbocycles. The molecular weight excluding hydrogens is 258 g/mol. The van der Waals surface area contributed by atoms with Crippen molar-refractivity contribution in [2.24, 2.45) is 5.73 Å². The number of hydrogen-bond donors (Lipinski definition) is 1. The Hall–Kier alpha value is 1.19. The second-order valence-electron chi connectivity index (χ2n) is 0.836. The Morgan fingerprint density at radius 3 is 1.62 bits per heavy atom. The van der Waals surface area contributed by atoms with Crippen LogP contribution in [0.2, 0.25) is 0 Å². The van der Waals surface area contributed by atoms with Crippen LogP contribution in [0.1, 0.15) is 0 Å². The second-order valence-corrected chi connectivity index (χ2v) is 2.27. The summed E-state index contributed by atoms with van der Waals surface area (Å²) < 4.78 is 9.33. The smallest absolute Gasteiger partial charge is 0.804 e. The zero-order valence-corrected chi connectivity index (χ0v) is 9.20. The fourth-order valence-electron chi connectivity index (χ4n) is 0. The monoisotopic (exact) mass is 261 g/mol. The van der Waals surface area contributed by atoms with E-state index in [1.165, 1.54) is 0 Å². The van der Waals surface area contributed by atoms with Crippen molar-refractivity contribution < 1.29 is 19.1 Å². The van der Waals surface area contributed by atoms with Crippen LogP contribution in [0.25, 0.3) is 0 Å². The van der Waals surface area contributed by atoms with E-state index in [1.54, 1.807) is 0 Å². The Kier molecular flexibility index (Phi) is 6.08. The Labute approximate surface area is 85.9 Å². The van der Waals surface area contributed by atoms with Gasteiger partial charge in [0.2, 0.25) is 5.65 Å². The molecule has 0 aliphatic rings. The van der Waals surface area contributed by atoms with E-state index in [0.717, 1.165) is 0 Å². The number of primary amides is 1. The van der Waals surface area contributed by atoms with Gasteiger partial charge >= 0.3 is 48.9 Å². The molecule has 0 aromatic heterocycles. The van der Waals surface area contributed by atoms with Crippen molar-refractivity contribution in [1.82, 2.24) is 0 Å².